The summed E-state index contributed by atoms with van der Waals surface area (Å²) in [5, 5.41) is 5.96. The maximum atomic E-state index is 13.2. The highest BCUT2D eigenvalue weighted by molar-refractivity contribution is 7.19. The Labute approximate surface area is 148 Å². The van der Waals surface area contributed by atoms with Crippen LogP contribution in [0.1, 0.15) is 15.4 Å². The molecule has 0 aliphatic heterocycles. The Kier molecular flexibility index (Phi) is 5.00. The lowest BCUT2D eigenvalue weighted by molar-refractivity contribution is 0.0966. The van der Waals surface area contributed by atoms with Gasteiger partial charge in [-0.15, -0.1) is 0 Å². The van der Waals surface area contributed by atoms with Gasteiger partial charge < -0.3 is 15.4 Å². The second kappa shape index (κ2) is 7.20. The Morgan fingerprint density at radius 1 is 1.36 bits per heavy atom. The number of hydrogen-bond donors (Lipinski definition) is 2. The number of thiazole rings is 1. The molecule has 3 aromatic rings. The quantitative estimate of drug-likeness (QED) is 0.662. The van der Waals surface area contributed by atoms with Crippen molar-refractivity contribution in [3.05, 3.63) is 40.7 Å². The van der Waals surface area contributed by atoms with Crippen LogP contribution in [0, 0.1) is 12.7 Å². The lowest BCUT2D eigenvalue weighted by Crippen LogP contribution is -2.18. The Bertz CT molecular complexity index is 902. The second-order valence-electron chi connectivity index (χ2n) is 5.45. The van der Waals surface area contributed by atoms with Crippen LogP contribution in [-0.4, -0.2) is 42.6 Å². The highest BCUT2D eigenvalue weighted by Crippen LogP contribution is 2.34. The monoisotopic (exact) mass is 362 g/mol. The SMILES string of the molecule is CNC(=O)c1sc2nc(-c3ccc(F)cc3)c(NCCOC)n2c1C. The lowest BCUT2D eigenvalue weighted by atomic mass is 10.1. The summed E-state index contributed by atoms with van der Waals surface area (Å²) in [4.78, 5) is 18.0. The molecule has 0 aliphatic rings. The van der Waals surface area contributed by atoms with Crippen molar-refractivity contribution in [1.29, 1.82) is 0 Å². The fourth-order valence-electron chi connectivity index (χ4n) is 2.61. The molecule has 0 atom stereocenters. The lowest BCUT2D eigenvalue weighted by Gasteiger charge is -2.09. The number of rotatable bonds is 6. The molecule has 3 rings (SSSR count). The van der Waals surface area contributed by atoms with Gasteiger partial charge in [-0.3, -0.25) is 9.20 Å². The van der Waals surface area contributed by atoms with Crippen molar-refractivity contribution in [2.24, 2.45) is 0 Å². The van der Waals surface area contributed by atoms with Crippen molar-refractivity contribution in [2.75, 3.05) is 32.6 Å². The normalized spacial score (nSPS) is 11.0. The summed E-state index contributed by atoms with van der Waals surface area (Å²) in [5.41, 5.74) is 2.33. The number of fused-ring (bicyclic) bond motifs is 1. The zero-order chi connectivity index (χ0) is 18.0. The van der Waals surface area contributed by atoms with Gasteiger partial charge in [0.25, 0.3) is 5.91 Å². The molecule has 1 aromatic carbocycles. The van der Waals surface area contributed by atoms with Crippen LogP contribution in [0.3, 0.4) is 0 Å². The largest absolute Gasteiger partial charge is 0.383 e. The van der Waals surface area contributed by atoms with Gasteiger partial charge in [0.1, 0.15) is 22.2 Å². The molecule has 6 nitrogen and oxygen atoms in total. The maximum absolute atomic E-state index is 13.2. The molecule has 0 aliphatic carbocycles. The van der Waals surface area contributed by atoms with E-state index < -0.39 is 0 Å². The average Bonchev–Trinajstić information content (AvgIpc) is 3.13. The fourth-order valence-corrected chi connectivity index (χ4v) is 3.69. The molecule has 0 saturated heterocycles. The van der Waals surface area contributed by atoms with Crippen LogP contribution in [0.15, 0.2) is 24.3 Å². The van der Waals surface area contributed by atoms with E-state index in [1.54, 1.807) is 26.3 Å². The molecule has 0 radical (unpaired) electrons. The molecule has 0 spiro atoms. The molecule has 1 amide bonds. The smallest absolute Gasteiger partial charge is 0.263 e. The van der Waals surface area contributed by atoms with Gasteiger partial charge in [0.05, 0.1) is 6.61 Å². The molecule has 0 fully saturated rings. The number of carbonyl (C=O) groups is 1. The van der Waals surface area contributed by atoms with E-state index in [1.165, 1.54) is 23.5 Å². The minimum atomic E-state index is -0.295. The predicted octanol–water partition coefficient (Wildman–Crippen LogP) is 2.93. The van der Waals surface area contributed by atoms with E-state index in [9.17, 15) is 9.18 Å². The number of hydrogen-bond acceptors (Lipinski definition) is 5. The summed E-state index contributed by atoms with van der Waals surface area (Å²) in [6.07, 6.45) is 0. The van der Waals surface area contributed by atoms with E-state index in [-0.39, 0.29) is 11.7 Å². The Hall–Kier alpha value is -2.45. The summed E-state index contributed by atoms with van der Waals surface area (Å²) in [6.45, 7) is 3.00. The summed E-state index contributed by atoms with van der Waals surface area (Å²) in [6, 6.07) is 6.20. The first-order valence-corrected chi connectivity index (χ1v) is 8.61. The maximum Gasteiger partial charge on any atom is 0.263 e. The predicted molar refractivity (Wildman–Crippen MR) is 97.0 cm³/mol. The summed E-state index contributed by atoms with van der Waals surface area (Å²) in [7, 11) is 3.24. The number of nitrogens with zero attached hydrogens (tertiary/aromatic N) is 2. The van der Waals surface area contributed by atoms with Gasteiger partial charge in [0.2, 0.25) is 0 Å². The van der Waals surface area contributed by atoms with Crippen molar-refractivity contribution in [3.8, 4) is 11.3 Å². The van der Waals surface area contributed by atoms with E-state index in [1.807, 2.05) is 11.3 Å². The second-order valence-corrected chi connectivity index (χ2v) is 6.43. The van der Waals surface area contributed by atoms with Gasteiger partial charge in [-0.25, -0.2) is 9.37 Å². The Morgan fingerprint density at radius 2 is 2.08 bits per heavy atom. The molecule has 2 N–H and O–H groups in total. The molecule has 0 unspecified atom stereocenters. The molecule has 132 valence electrons. The van der Waals surface area contributed by atoms with Gasteiger partial charge in [-0.1, -0.05) is 11.3 Å². The van der Waals surface area contributed by atoms with Gasteiger partial charge >= 0.3 is 0 Å². The third-order valence-electron chi connectivity index (χ3n) is 3.85. The van der Waals surface area contributed by atoms with Gasteiger partial charge in [-0.05, 0) is 31.2 Å². The molecule has 25 heavy (non-hydrogen) atoms. The average molecular weight is 362 g/mol. The number of methoxy groups -OCH3 is 1. The van der Waals surface area contributed by atoms with Crippen molar-refractivity contribution in [2.45, 2.75) is 6.92 Å². The van der Waals surface area contributed by atoms with Gasteiger partial charge in [0.15, 0.2) is 4.96 Å². The first-order valence-electron chi connectivity index (χ1n) is 7.79. The van der Waals surface area contributed by atoms with E-state index >= 15 is 0 Å². The minimum Gasteiger partial charge on any atom is -0.383 e. The first kappa shape index (κ1) is 17.4. The van der Waals surface area contributed by atoms with E-state index in [0.29, 0.717) is 28.7 Å². The molecule has 0 saturated carbocycles. The van der Waals surface area contributed by atoms with Crippen LogP contribution < -0.4 is 10.6 Å². The van der Waals surface area contributed by atoms with Crippen molar-refractivity contribution in [3.63, 3.8) is 0 Å². The minimum absolute atomic E-state index is 0.140. The van der Waals surface area contributed by atoms with E-state index in [2.05, 4.69) is 15.6 Å². The highest BCUT2D eigenvalue weighted by Gasteiger charge is 2.22. The molecular weight excluding hydrogens is 343 g/mol. The number of halogens is 1. The standard InChI is InChI=1S/C17H19FN4O2S/c1-10-14(16(23)19-2)25-17-21-13(11-4-6-12(18)7-5-11)15(22(10)17)20-8-9-24-3/h4-7,20H,8-9H2,1-3H3,(H,19,23). The van der Waals surface area contributed by atoms with Crippen LogP contribution in [0.5, 0.6) is 0 Å². The fraction of sp³-hybridized carbons (Fsp3) is 0.294. The molecule has 8 heteroatoms. The van der Waals surface area contributed by atoms with Gasteiger partial charge in [0, 0.05) is 32.0 Å². The van der Waals surface area contributed by atoms with Crippen molar-refractivity contribution >= 4 is 28.0 Å². The van der Waals surface area contributed by atoms with E-state index in [4.69, 9.17) is 4.74 Å². The topological polar surface area (TPSA) is 67.7 Å². The highest BCUT2D eigenvalue weighted by atomic mass is 32.1. The zero-order valence-corrected chi connectivity index (χ0v) is 15.0. The van der Waals surface area contributed by atoms with E-state index in [0.717, 1.165) is 17.1 Å². The third kappa shape index (κ3) is 3.22. The summed E-state index contributed by atoms with van der Waals surface area (Å²) in [5.74, 6) is 0.332. The van der Waals surface area contributed by atoms with Crippen LogP contribution in [0.2, 0.25) is 0 Å². The Balaban J connectivity index is 2.14. The number of carbonyl (C=O) groups excluding carboxylic acids is 1. The van der Waals surface area contributed by atoms with Crippen LogP contribution in [0.25, 0.3) is 16.2 Å². The zero-order valence-electron chi connectivity index (χ0n) is 14.2. The molecule has 2 aromatic heterocycles. The Morgan fingerprint density at radius 3 is 2.72 bits per heavy atom. The number of aromatic nitrogens is 2. The molecule has 0 bridgehead atoms. The van der Waals surface area contributed by atoms with Crippen LogP contribution in [0.4, 0.5) is 10.2 Å². The number of ether oxygens (including phenoxy) is 1. The number of anilines is 1. The van der Waals surface area contributed by atoms with Crippen molar-refractivity contribution in [1.82, 2.24) is 14.7 Å². The summed E-state index contributed by atoms with van der Waals surface area (Å²) >= 11 is 1.32. The van der Waals surface area contributed by atoms with Gasteiger partial charge in [-0.2, -0.15) is 0 Å². The number of aryl methyl sites for hydroxylation is 1. The number of nitrogens with one attached hydrogen (secondary N) is 2. The number of imidazole rings is 1. The molecular formula is C17H19FN4O2S. The summed E-state index contributed by atoms with van der Waals surface area (Å²) < 4.78 is 20.3. The van der Waals surface area contributed by atoms with Crippen LogP contribution in [-0.2, 0) is 4.74 Å². The molecule has 2 heterocycles. The number of benzene rings is 1. The first-order chi connectivity index (χ1) is 12.1. The van der Waals surface area contributed by atoms with Crippen LogP contribution >= 0.6 is 11.3 Å². The van der Waals surface area contributed by atoms with Crippen molar-refractivity contribution < 1.29 is 13.9 Å². The third-order valence-corrected chi connectivity index (χ3v) is 4.99. The number of amides is 1.